The molecule has 1 aromatic rings. The van der Waals surface area contributed by atoms with Gasteiger partial charge in [0.15, 0.2) is 12.4 Å². The van der Waals surface area contributed by atoms with E-state index in [4.69, 9.17) is 4.74 Å². The summed E-state index contributed by atoms with van der Waals surface area (Å²) in [5.74, 6) is -0.377. The van der Waals surface area contributed by atoms with Crippen LogP contribution in [0.15, 0.2) is 24.3 Å². The summed E-state index contributed by atoms with van der Waals surface area (Å²) in [6, 6.07) is 6.47. The van der Waals surface area contributed by atoms with Crippen LogP contribution in [0.4, 0.5) is 5.69 Å². The number of hydrogen-bond acceptors (Lipinski definition) is 4. The number of hydrogen-bond donors (Lipinski definition) is 1. The standard InChI is InChI=1S/C15H17NO4/c1-9-7-13(9)15(19)20-8-14(18)11-3-5-12(6-4-11)16-10(2)17/h3-6,9,13H,7-8H2,1-2H3,(H,16,17)/t9-,13-/m1/s1. The van der Waals surface area contributed by atoms with Crippen molar-refractivity contribution in [2.75, 3.05) is 11.9 Å². The highest BCUT2D eigenvalue weighted by Gasteiger charge is 2.40. The smallest absolute Gasteiger partial charge is 0.309 e. The fourth-order valence-electron chi connectivity index (χ4n) is 1.92. The van der Waals surface area contributed by atoms with Crippen molar-refractivity contribution in [3.63, 3.8) is 0 Å². The Hall–Kier alpha value is -2.17. The maximum atomic E-state index is 11.8. The van der Waals surface area contributed by atoms with E-state index < -0.39 is 0 Å². The Kier molecular flexibility index (Phi) is 4.17. The number of esters is 1. The molecule has 0 aromatic heterocycles. The lowest BCUT2D eigenvalue weighted by Crippen LogP contribution is -2.15. The highest BCUT2D eigenvalue weighted by molar-refractivity contribution is 5.98. The minimum absolute atomic E-state index is 0.0371. The molecule has 1 N–H and O–H groups in total. The van der Waals surface area contributed by atoms with Gasteiger partial charge in [0.2, 0.25) is 5.91 Å². The van der Waals surface area contributed by atoms with E-state index in [9.17, 15) is 14.4 Å². The van der Waals surface area contributed by atoms with Crippen LogP contribution in [0.2, 0.25) is 0 Å². The minimum atomic E-state index is -0.291. The molecule has 1 aromatic carbocycles. The molecule has 0 bridgehead atoms. The van der Waals surface area contributed by atoms with Gasteiger partial charge in [-0.05, 0) is 36.6 Å². The molecule has 5 heteroatoms. The molecule has 20 heavy (non-hydrogen) atoms. The van der Waals surface area contributed by atoms with Gasteiger partial charge < -0.3 is 10.1 Å². The molecule has 0 aliphatic heterocycles. The van der Waals surface area contributed by atoms with E-state index in [0.29, 0.717) is 17.2 Å². The Morgan fingerprint density at radius 1 is 1.25 bits per heavy atom. The van der Waals surface area contributed by atoms with Crippen molar-refractivity contribution in [3.8, 4) is 0 Å². The largest absolute Gasteiger partial charge is 0.457 e. The first-order valence-corrected chi connectivity index (χ1v) is 6.55. The Labute approximate surface area is 117 Å². The predicted molar refractivity (Wildman–Crippen MR) is 73.3 cm³/mol. The molecule has 0 unspecified atom stereocenters. The zero-order valence-corrected chi connectivity index (χ0v) is 11.5. The first-order chi connectivity index (χ1) is 9.47. The molecule has 0 radical (unpaired) electrons. The molecule has 0 saturated heterocycles. The first kappa shape index (κ1) is 14.2. The normalized spacial score (nSPS) is 20.1. The Morgan fingerprint density at radius 3 is 2.35 bits per heavy atom. The highest BCUT2D eigenvalue weighted by Crippen LogP contribution is 2.38. The van der Waals surface area contributed by atoms with E-state index >= 15 is 0 Å². The van der Waals surface area contributed by atoms with Gasteiger partial charge in [-0.2, -0.15) is 0 Å². The third-order valence-electron chi connectivity index (χ3n) is 3.28. The third kappa shape index (κ3) is 3.66. The quantitative estimate of drug-likeness (QED) is 0.659. The summed E-state index contributed by atoms with van der Waals surface area (Å²) in [4.78, 5) is 34.2. The van der Waals surface area contributed by atoms with Crippen molar-refractivity contribution >= 4 is 23.3 Å². The lowest BCUT2D eigenvalue weighted by atomic mass is 10.1. The average molecular weight is 275 g/mol. The van der Waals surface area contributed by atoms with Crippen molar-refractivity contribution in [3.05, 3.63) is 29.8 Å². The van der Waals surface area contributed by atoms with E-state index in [1.54, 1.807) is 24.3 Å². The van der Waals surface area contributed by atoms with Crippen molar-refractivity contribution in [2.45, 2.75) is 20.3 Å². The molecule has 0 spiro atoms. The molecular formula is C15H17NO4. The Bertz CT molecular complexity index is 535. The molecule has 1 saturated carbocycles. The molecule has 0 heterocycles. The van der Waals surface area contributed by atoms with E-state index in [1.165, 1.54) is 6.92 Å². The zero-order chi connectivity index (χ0) is 14.7. The number of carbonyl (C=O) groups excluding carboxylic acids is 3. The van der Waals surface area contributed by atoms with E-state index in [1.807, 2.05) is 6.92 Å². The number of carbonyl (C=O) groups is 3. The zero-order valence-electron chi connectivity index (χ0n) is 11.5. The second-order valence-corrected chi connectivity index (χ2v) is 5.11. The molecule has 1 fully saturated rings. The summed E-state index contributed by atoms with van der Waals surface area (Å²) >= 11 is 0. The Balaban J connectivity index is 1.85. The highest BCUT2D eigenvalue weighted by atomic mass is 16.5. The third-order valence-corrected chi connectivity index (χ3v) is 3.28. The summed E-state index contributed by atoms with van der Waals surface area (Å²) in [5.41, 5.74) is 1.08. The lowest BCUT2D eigenvalue weighted by molar-refractivity contribution is -0.144. The Morgan fingerprint density at radius 2 is 1.85 bits per heavy atom. The van der Waals surface area contributed by atoms with Crippen LogP contribution in [0.5, 0.6) is 0 Å². The molecule has 1 aliphatic carbocycles. The second kappa shape index (κ2) is 5.86. The molecule has 1 amide bonds. The number of benzene rings is 1. The van der Waals surface area contributed by atoms with Gasteiger partial charge in [0, 0.05) is 18.2 Å². The van der Waals surface area contributed by atoms with Gasteiger partial charge in [0.25, 0.3) is 0 Å². The van der Waals surface area contributed by atoms with Crippen LogP contribution in [-0.2, 0) is 14.3 Å². The number of nitrogens with one attached hydrogen (secondary N) is 1. The fraction of sp³-hybridized carbons (Fsp3) is 0.400. The molecule has 5 nitrogen and oxygen atoms in total. The number of rotatable bonds is 5. The summed E-state index contributed by atoms with van der Waals surface area (Å²) in [6.07, 6.45) is 0.846. The van der Waals surface area contributed by atoms with Crippen molar-refractivity contribution < 1.29 is 19.1 Å². The maximum absolute atomic E-state index is 11.8. The van der Waals surface area contributed by atoms with Crippen LogP contribution in [0.25, 0.3) is 0 Å². The molecular weight excluding hydrogens is 258 g/mol. The van der Waals surface area contributed by atoms with Crippen molar-refractivity contribution in [1.82, 2.24) is 0 Å². The van der Waals surface area contributed by atoms with Crippen LogP contribution >= 0.6 is 0 Å². The summed E-state index contributed by atoms with van der Waals surface area (Å²) in [7, 11) is 0. The van der Waals surface area contributed by atoms with Crippen LogP contribution in [0.1, 0.15) is 30.6 Å². The predicted octanol–water partition coefficient (Wildman–Crippen LogP) is 2.03. The minimum Gasteiger partial charge on any atom is -0.457 e. The van der Waals surface area contributed by atoms with E-state index in [2.05, 4.69) is 5.32 Å². The van der Waals surface area contributed by atoms with Gasteiger partial charge in [-0.1, -0.05) is 6.92 Å². The number of Topliss-reactive ketones (excluding diaryl/α,β-unsaturated/α-hetero) is 1. The van der Waals surface area contributed by atoms with Crippen molar-refractivity contribution in [1.29, 1.82) is 0 Å². The van der Waals surface area contributed by atoms with Gasteiger partial charge >= 0.3 is 5.97 Å². The number of anilines is 1. The van der Waals surface area contributed by atoms with Gasteiger partial charge in [0.1, 0.15) is 0 Å². The summed E-state index contributed by atoms with van der Waals surface area (Å²) in [6.45, 7) is 3.16. The summed E-state index contributed by atoms with van der Waals surface area (Å²) < 4.78 is 4.99. The molecule has 2 rings (SSSR count). The molecule has 2 atom stereocenters. The average Bonchev–Trinajstić information content (AvgIpc) is 3.13. The van der Waals surface area contributed by atoms with E-state index in [-0.39, 0.29) is 30.2 Å². The van der Waals surface area contributed by atoms with Crippen LogP contribution < -0.4 is 5.32 Å². The molecule has 106 valence electrons. The van der Waals surface area contributed by atoms with Crippen LogP contribution in [0.3, 0.4) is 0 Å². The monoisotopic (exact) mass is 275 g/mol. The van der Waals surface area contributed by atoms with Crippen LogP contribution in [-0.4, -0.2) is 24.3 Å². The summed E-state index contributed by atoms with van der Waals surface area (Å²) in [5, 5.41) is 2.61. The number of amides is 1. The number of ether oxygens (including phenoxy) is 1. The second-order valence-electron chi connectivity index (χ2n) is 5.11. The van der Waals surface area contributed by atoms with Gasteiger partial charge in [-0.3, -0.25) is 14.4 Å². The van der Waals surface area contributed by atoms with Crippen molar-refractivity contribution in [2.24, 2.45) is 11.8 Å². The first-order valence-electron chi connectivity index (χ1n) is 6.55. The topological polar surface area (TPSA) is 72.5 Å². The van der Waals surface area contributed by atoms with Gasteiger partial charge in [-0.15, -0.1) is 0 Å². The maximum Gasteiger partial charge on any atom is 0.309 e. The van der Waals surface area contributed by atoms with Gasteiger partial charge in [-0.25, -0.2) is 0 Å². The SMILES string of the molecule is CC(=O)Nc1ccc(C(=O)COC(=O)[C@@H]2C[C@H]2C)cc1. The fourth-order valence-corrected chi connectivity index (χ4v) is 1.92. The number of ketones is 1. The van der Waals surface area contributed by atoms with E-state index in [0.717, 1.165) is 6.42 Å². The lowest BCUT2D eigenvalue weighted by Gasteiger charge is -2.05. The van der Waals surface area contributed by atoms with Gasteiger partial charge in [0.05, 0.1) is 5.92 Å². The molecule has 1 aliphatic rings. The van der Waals surface area contributed by atoms with Crippen LogP contribution in [0, 0.1) is 11.8 Å².